The quantitative estimate of drug-likeness (QED) is 0.108. The summed E-state index contributed by atoms with van der Waals surface area (Å²) >= 11 is 0. The molecule has 54 heavy (non-hydrogen) atoms. The van der Waals surface area contributed by atoms with Crippen molar-refractivity contribution in [2.24, 2.45) is 0 Å². The molecule has 5 rings (SSSR count). The first-order valence-electron chi connectivity index (χ1n) is 18.4. The molecule has 3 aromatic rings. The third-order valence-electron chi connectivity index (χ3n) is 9.20. The topological polar surface area (TPSA) is 132 Å². The van der Waals surface area contributed by atoms with Crippen molar-refractivity contribution in [1.82, 2.24) is 4.90 Å². The van der Waals surface area contributed by atoms with Gasteiger partial charge in [-0.05, 0) is 54.3 Å². The van der Waals surface area contributed by atoms with Crippen molar-refractivity contribution < 1.29 is 50.6 Å². The minimum absolute atomic E-state index is 0.0295. The second-order valence-corrected chi connectivity index (χ2v) is 15.2. The number of piperidine rings is 1. The lowest BCUT2D eigenvalue weighted by atomic mass is 9.84. The molecule has 2 aliphatic rings. The molecule has 2 heterocycles. The van der Waals surface area contributed by atoms with Crippen LogP contribution in [-0.2, 0) is 51.2 Å². The van der Waals surface area contributed by atoms with Gasteiger partial charge >= 0.3 is 6.09 Å². The van der Waals surface area contributed by atoms with Crippen LogP contribution < -0.4 is 14.4 Å². The van der Waals surface area contributed by atoms with Gasteiger partial charge in [-0.15, -0.1) is 0 Å². The number of carbonyl (C=O) groups excluding carboxylic acids is 1. The summed E-state index contributed by atoms with van der Waals surface area (Å²) in [4.78, 5) is 17.5. The normalized spacial score (nSPS) is 19.1. The number of carbonyl (C=O) groups is 1. The van der Waals surface area contributed by atoms with E-state index in [2.05, 4.69) is 11.0 Å². The Balaban J connectivity index is 1.40. The second kappa shape index (κ2) is 20.7. The minimum atomic E-state index is -3.71. The number of benzene rings is 3. The SMILES string of the molecule is COCCCOc1ccc([C@@H]2[C@@H](OCc3ccc4c(c3)N(CCCOC)CCO4)CN(C(=O)OCc3ccccc3)C[C@H]2OC[C@H](C)OS(C)(=O)=O)cc1. The number of amides is 1. The number of likely N-dealkylation sites (tertiary alicyclic amines) is 1. The fraction of sp³-hybridized carbons (Fsp3) is 0.525. The van der Waals surface area contributed by atoms with Crippen LogP contribution in [0.25, 0.3) is 0 Å². The van der Waals surface area contributed by atoms with Gasteiger partial charge in [-0.2, -0.15) is 8.42 Å². The summed E-state index contributed by atoms with van der Waals surface area (Å²) in [6.45, 7) is 6.41. The molecule has 1 amide bonds. The standard InChI is InChI=1S/C40H54N2O11S/c1-30(53-54(4,44)45)27-50-37-25-42(40(43)52-28-31-10-6-5-7-11-31)26-38(39(37)33-13-15-34(16-14-33)48-22-9-21-47-3)51-29-32-12-17-36-35(24-32)41(19-23-49-36)18-8-20-46-2/h5-7,10-17,24,30,37-39H,8-9,18-23,25-29H2,1-4H3/t30-,37+,38-,39-/m0/s1. The van der Waals surface area contributed by atoms with E-state index in [9.17, 15) is 13.2 Å². The molecule has 0 N–H and O–H groups in total. The molecule has 0 aliphatic carbocycles. The van der Waals surface area contributed by atoms with Crippen molar-refractivity contribution in [3.05, 3.63) is 89.5 Å². The predicted molar refractivity (Wildman–Crippen MR) is 204 cm³/mol. The Bertz CT molecular complexity index is 1690. The summed E-state index contributed by atoms with van der Waals surface area (Å²) in [5.41, 5.74) is 3.74. The summed E-state index contributed by atoms with van der Waals surface area (Å²) in [5.74, 6) is 1.20. The van der Waals surface area contributed by atoms with Crippen LogP contribution in [-0.4, -0.2) is 117 Å². The Kier molecular flexibility index (Phi) is 15.8. The fourth-order valence-corrected chi connectivity index (χ4v) is 7.34. The summed E-state index contributed by atoms with van der Waals surface area (Å²) < 4.78 is 70.3. The van der Waals surface area contributed by atoms with Gasteiger partial charge in [0.25, 0.3) is 10.1 Å². The molecule has 2 aliphatic heterocycles. The third-order valence-corrected chi connectivity index (χ3v) is 9.88. The highest BCUT2D eigenvalue weighted by Gasteiger charge is 2.42. The number of ether oxygens (including phenoxy) is 7. The molecular weight excluding hydrogens is 717 g/mol. The molecule has 0 radical (unpaired) electrons. The smallest absolute Gasteiger partial charge is 0.410 e. The van der Waals surface area contributed by atoms with E-state index in [0.29, 0.717) is 32.2 Å². The Morgan fingerprint density at radius 3 is 2.31 bits per heavy atom. The molecule has 14 heteroatoms. The van der Waals surface area contributed by atoms with E-state index in [0.717, 1.165) is 60.3 Å². The lowest BCUT2D eigenvalue weighted by Crippen LogP contribution is -2.55. The van der Waals surface area contributed by atoms with Gasteiger partial charge in [-0.25, -0.2) is 4.79 Å². The molecular formula is C40H54N2O11S. The third kappa shape index (κ3) is 12.6. The lowest BCUT2D eigenvalue weighted by molar-refractivity contribution is -0.100. The maximum Gasteiger partial charge on any atom is 0.410 e. The number of fused-ring (bicyclic) bond motifs is 1. The first kappa shape index (κ1) is 41.2. The monoisotopic (exact) mass is 770 g/mol. The van der Waals surface area contributed by atoms with Crippen molar-refractivity contribution in [2.45, 2.75) is 57.2 Å². The van der Waals surface area contributed by atoms with Gasteiger partial charge in [0, 0.05) is 46.3 Å². The van der Waals surface area contributed by atoms with Crippen LogP contribution in [0.5, 0.6) is 11.5 Å². The van der Waals surface area contributed by atoms with Crippen molar-refractivity contribution in [3.63, 3.8) is 0 Å². The highest BCUT2D eigenvalue weighted by molar-refractivity contribution is 7.86. The first-order chi connectivity index (χ1) is 26.1. The zero-order valence-electron chi connectivity index (χ0n) is 31.7. The molecule has 0 bridgehead atoms. The molecule has 0 saturated carbocycles. The number of rotatable bonds is 20. The number of anilines is 1. The van der Waals surface area contributed by atoms with E-state index < -0.39 is 34.5 Å². The average molecular weight is 771 g/mol. The Morgan fingerprint density at radius 2 is 1.59 bits per heavy atom. The molecule has 0 aromatic heterocycles. The van der Waals surface area contributed by atoms with Crippen LogP contribution in [0.3, 0.4) is 0 Å². The van der Waals surface area contributed by atoms with Gasteiger partial charge in [0.15, 0.2) is 0 Å². The summed E-state index contributed by atoms with van der Waals surface area (Å²) in [6.07, 6.45) is 0.272. The molecule has 296 valence electrons. The predicted octanol–water partition coefficient (Wildman–Crippen LogP) is 5.41. The fourth-order valence-electron chi connectivity index (χ4n) is 6.69. The van der Waals surface area contributed by atoms with Crippen LogP contribution in [0, 0.1) is 0 Å². The van der Waals surface area contributed by atoms with Crippen LogP contribution in [0.2, 0.25) is 0 Å². The number of hydrogen-bond donors (Lipinski definition) is 0. The van der Waals surface area contributed by atoms with Crippen LogP contribution in [0.4, 0.5) is 10.5 Å². The van der Waals surface area contributed by atoms with Crippen molar-refractivity contribution in [3.8, 4) is 11.5 Å². The van der Waals surface area contributed by atoms with Crippen LogP contribution in [0.15, 0.2) is 72.8 Å². The second-order valence-electron chi connectivity index (χ2n) is 13.6. The van der Waals surface area contributed by atoms with E-state index in [4.69, 9.17) is 37.3 Å². The van der Waals surface area contributed by atoms with Gasteiger partial charge in [0.2, 0.25) is 0 Å². The molecule has 1 saturated heterocycles. The van der Waals surface area contributed by atoms with Crippen molar-refractivity contribution >= 4 is 21.9 Å². The largest absolute Gasteiger partial charge is 0.494 e. The van der Waals surface area contributed by atoms with Crippen molar-refractivity contribution in [1.29, 1.82) is 0 Å². The zero-order chi connectivity index (χ0) is 38.3. The van der Waals surface area contributed by atoms with Gasteiger partial charge < -0.3 is 43.0 Å². The summed E-state index contributed by atoms with van der Waals surface area (Å²) in [7, 11) is -0.347. The number of nitrogens with zero attached hydrogens (tertiary/aromatic N) is 2. The van der Waals surface area contributed by atoms with E-state index in [-0.39, 0.29) is 38.8 Å². The Hall–Kier alpha value is -3.92. The van der Waals surface area contributed by atoms with Crippen LogP contribution in [0.1, 0.15) is 42.4 Å². The molecule has 1 fully saturated rings. The highest BCUT2D eigenvalue weighted by atomic mass is 32.2. The Morgan fingerprint density at radius 1 is 0.870 bits per heavy atom. The minimum Gasteiger partial charge on any atom is -0.494 e. The number of hydrogen-bond acceptors (Lipinski definition) is 12. The molecule has 13 nitrogen and oxygen atoms in total. The average Bonchev–Trinajstić information content (AvgIpc) is 3.17. The Labute approximate surface area is 319 Å². The van der Waals surface area contributed by atoms with E-state index in [1.807, 2.05) is 66.7 Å². The van der Waals surface area contributed by atoms with Crippen molar-refractivity contribution in [2.75, 3.05) is 84.6 Å². The maximum atomic E-state index is 13.6. The molecule has 3 aromatic carbocycles. The lowest BCUT2D eigenvalue weighted by Gasteiger charge is -2.43. The maximum absolute atomic E-state index is 13.6. The highest BCUT2D eigenvalue weighted by Crippen LogP contribution is 2.37. The summed E-state index contributed by atoms with van der Waals surface area (Å²) in [6, 6.07) is 23.3. The van der Waals surface area contributed by atoms with E-state index in [1.165, 1.54) is 0 Å². The molecule has 0 unspecified atom stereocenters. The van der Waals surface area contributed by atoms with Gasteiger partial charge in [0.1, 0.15) is 24.7 Å². The van der Waals surface area contributed by atoms with Crippen LogP contribution >= 0.6 is 0 Å². The van der Waals surface area contributed by atoms with Gasteiger partial charge in [-0.1, -0.05) is 48.5 Å². The van der Waals surface area contributed by atoms with Gasteiger partial charge in [-0.3, -0.25) is 4.18 Å². The van der Waals surface area contributed by atoms with E-state index >= 15 is 0 Å². The molecule has 0 spiro atoms. The molecule has 4 atom stereocenters. The van der Waals surface area contributed by atoms with E-state index in [1.54, 1.807) is 26.0 Å². The number of methoxy groups -OCH3 is 2. The zero-order valence-corrected chi connectivity index (χ0v) is 32.5. The van der Waals surface area contributed by atoms with Gasteiger partial charge in [0.05, 0.1) is 69.7 Å². The summed E-state index contributed by atoms with van der Waals surface area (Å²) in [5, 5.41) is 0. The first-order valence-corrected chi connectivity index (χ1v) is 20.2.